The summed E-state index contributed by atoms with van der Waals surface area (Å²) in [6.45, 7) is -5.07. The quantitative estimate of drug-likeness (QED) is 0.541. The van der Waals surface area contributed by atoms with Crippen LogP contribution in [-0.2, 0) is 0 Å². The largest absolute Gasteiger partial charge is 1.00 e. The molecule has 0 saturated heterocycles. The molecule has 0 spiro atoms. The van der Waals surface area contributed by atoms with Crippen molar-refractivity contribution >= 4 is 13.1 Å². The second-order valence-corrected chi connectivity index (χ2v) is 2.83. The van der Waals surface area contributed by atoms with Gasteiger partial charge in [-0.05, 0) is 12.1 Å². The van der Waals surface area contributed by atoms with Gasteiger partial charge in [-0.1, -0.05) is 12.1 Å². The third kappa shape index (κ3) is 5.28. The van der Waals surface area contributed by atoms with Crippen molar-refractivity contribution in [3.05, 3.63) is 41.1 Å². The van der Waals surface area contributed by atoms with Crippen LogP contribution in [-0.4, -0.2) is 6.98 Å². The van der Waals surface area contributed by atoms with Gasteiger partial charge in [0.15, 0.2) is 0 Å². The van der Waals surface area contributed by atoms with Crippen molar-refractivity contribution in [3.63, 3.8) is 0 Å². The molecule has 1 rings (SSSR count). The van der Waals surface area contributed by atoms with E-state index in [-0.39, 0.29) is 68.5 Å². The molecule has 1 aromatic rings. The summed E-state index contributed by atoms with van der Waals surface area (Å²) in [5.74, 6) is -0.838. The maximum atomic E-state index is 13.0. The number of nitrogens with zero attached hydrogens (tertiary/aromatic N) is 1. The molecule has 0 unspecified atom stereocenters. The van der Waals surface area contributed by atoms with E-state index in [1.54, 1.807) is 6.07 Å². The summed E-state index contributed by atoms with van der Waals surface area (Å²) in [4.78, 5) is 0. The molecule has 0 aliphatic heterocycles. The van der Waals surface area contributed by atoms with Crippen LogP contribution in [0.25, 0.3) is 6.08 Å². The molecule has 0 aliphatic rings. The van der Waals surface area contributed by atoms with Crippen molar-refractivity contribution in [1.29, 1.82) is 5.26 Å². The average Bonchev–Trinajstić information content (AvgIpc) is 2.14. The molecule has 0 bridgehead atoms. The first-order valence-corrected chi connectivity index (χ1v) is 4.01. The molecule has 0 atom stereocenters. The summed E-state index contributed by atoms with van der Waals surface area (Å²) in [6.07, 6.45) is 0.649. The molecular formula is C9H5BF4KN. The molecule has 0 heterocycles. The molecular weight excluding hydrogens is 248 g/mol. The van der Waals surface area contributed by atoms with Crippen molar-refractivity contribution < 1.29 is 68.7 Å². The fourth-order valence-corrected chi connectivity index (χ4v) is 0.945. The first-order valence-electron chi connectivity index (χ1n) is 4.01. The van der Waals surface area contributed by atoms with Crippen molar-refractivity contribution in [1.82, 2.24) is 0 Å². The maximum absolute atomic E-state index is 13.0. The zero-order valence-corrected chi connectivity index (χ0v) is 11.5. The van der Waals surface area contributed by atoms with Crippen LogP contribution in [0.4, 0.5) is 17.3 Å². The van der Waals surface area contributed by atoms with Gasteiger partial charge in [0.1, 0.15) is 5.82 Å². The van der Waals surface area contributed by atoms with Crippen molar-refractivity contribution in [2.75, 3.05) is 0 Å². The predicted molar refractivity (Wildman–Crippen MR) is 49.2 cm³/mol. The minimum absolute atomic E-state index is 0. The number of benzene rings is 1. The van der Waals surface area contributed by atoms with Gasteiger partial charge in [-0.15, -0.1) is 5.98 Å². The van der Waals surface area contributed by atoms with Gasteiger partial charge in [0.05, 0.1) is 11.6 Å². The van der Waals surface area contributed by atoms with E-state index in [9.17, 15) is 17.3 Å². The second kappa shape index (κ2) is 6.57. The Morgan fingerprint density at radius 2 is 1.88 bits per heavy atom. The van der Waals surface area contributed by atoms with Crippen LogP contribution < -0.4 is 51.4 Å². The van der Waals surface area contributed by atoms with Crippen LogP contribution in [0.3, 0.4) is 0 Å². The second-order valence-electron chi connectivity index (χ2n) is 2.83. The van der Waals surface area contributed by atoms with Gasteiger partial charge in [0.2, 0.25) is 0 Å². The summed E-state index contributed by atoms with van der Waals surface area (Å²) < 4.78 is 48.5. The molecule has 1 nitrogen and oxygen atoms in total. The van der Waals surface area contributed by atoms with E-state index in [2.05, 4.69) is 0 Å². The molecule has 0 fully saturated rings. The Morgan fingerprint density at radius 3 is 2.31 bits per heavy atom. The van der Waals surface area contributed by atoms with Crippen LogP contribution in [0, 0.1) is 17.1 Å². The van der Waals surface area contributed by atoms with Crippen molar-refractivity contribution in [2.24, 2.45) is 0 Å². The van der Waals surface area contributed by atoms with Crippen LogP contribution in [0.2, 0.25) is 0 Å². The van der Waals surface area contributed by atoms with E-state index in [0.29, 0.717) is 6.08 Å². The van der Waals surface area contributed by atoms with Crippen molar-refractivity contribution in [3.8, 4) is 6.07 Å². The van der Waals surface area contributed by atoms with E-state index in [0.717, 1.165) is 12.1 Å². The van der Waals surface area contributed by atoms with E-state index in [4.69, 9.17) is 5.26 Å². The Balaban J connectivity index is 0.00000225. The average molecular weight is 253 g/mol. The number of halogens is 4. The van der Waals surface area contributed by atoms with E-state index in [1.807, 2.05) is 0 Å². The molecule has 16 heavy (non-hydrogen) atoms. The van der Waals surface area contributed by atoms with Crippen LogP contribution in [0.15, 0.2) is 24.2 Å². The maximum Gasteiger partial charge on any atom is 1.00 e. The van der Waals surface area contributed by atoms with Gasteiger partial charge in [0, 0.05) is 5.56 Å². The van der Waals surface area contributed by atoms with E-state index in [1.165, 1.54) is 6.07 Å². The Labute approximate surface area is 133 Å². The minimum Gasteiger partial charge on any atom is -0.445 e. The Hall–Kier alpha value is -0.129. The molecule has 0 radical (unpaired) electrons. The van der Waals surface area contributed by atoms with Gasteiger partial charge in [-0.3, -0.25) is 0 Å². The fourth-order valence-electron chi connectivity index (χ4n) is 0.945. The number of rotatable bonds is 2. The third-order valence-corrected chi connectivity index (χ3v) is 1.62. The molecule has 0 amide bonds. The van der Waals surface area contributed by atoms with Gasteiger partial charge < -0.3 is 12.9 Å². The number of hydrogen-bond acceptors (Lipinski definition) is 1. The molecule has 1 aromatic carbocycles. The normalized spacial score (nSPS) is 10.9. The molecule has 0 saturated carbocycles. The standard InChI is InChI=1S/C9H5BF4N.K/c11-9-5-7(6-15)1-2-8(9)3-4-10(12,13)14;/h1-5H;/q-1;+1/b4-3+;. The van der Waals surface area contributed by atoms with Crippen LogP contribution in [0.1, 0.15) is 11.1 Å². The topological polar surface area (TPSA) is 23.8 Å². The minimum atomic E-state index is -5.07. The predicted octanol–water partition coefficient (Wildman–Crippen LogP) is 0.101. The van der Waals surface area contributed by atoms with Gasteiger partial charge in [0.25, 0.3) is 0 Å². The summed E-state index contributed by atoms with van der Waals surface area (Å²) >= 11 is 0. The number of hydrogen-bond donors (Lipinski definition) is 0. The molecule has 7 heteroatoms. The summed E-state index contributed by atoms with van der Waals surface area (Å²) in [5, 5.41) is 8.40. The van der Waals surface area contributed by atoms with Gasteiger partial charge >= 0.3 is 58.4 Å². The van der Waals surface area contributed by atoms with Crippen molar-refractivity contribution in [2.45, 2.75) is 0 Å². The Morgan fingerprint density at radius 1 is 1.25 bits per heavy atom. The molecule has 0 N–H and O–H groups in total. The van der Waals surface area contributed by atoms with Gasteiger partial charge in [-0.2, -0.15) is 5.26 Å². The fraction of sp³-hybridized carbons (Fsp3) is 0. The van der Waals surface area contributed by atoms with E-state index < -0.39 is 12.8 Å². The summed E-state index contributed by atoms with van der Waals surface area (Å²) in [6, 6.07) is 4.96. The molecule has 0 aromatic heterocycles. The third-order valence-electron chi connectivity index (χ3n) is 1.62. The smallest absolute Gasteiger partial charge is 0.445 e. The van der Waals surface area contributed by atoms with Crippen LogP contribution >= 0.6 is 0 Å². The van der Waals surface area contributed by atoms with E-state index >= 15 is 0 Å². The Kier molecular flexibility index (Phi) is 6.52. The SMILES string of the molecule is N#Cc1ccc(/C=C/[B-](F)(F)F)c(F)c1.[K+]. The van der Waals surface area contributed by atoms with Crippen LogP contribution in [0.5, 0.6) is 0 Å². The summed E-state index contributed by atoms with van der Waals surface area (Å²) in [7, 11) is 0. The zero-order valence-electron chi connectivity index (χ0n) is 8.42. The first kappa shape index (κ1) is 15.9. The molecule has 78 valence electrons. The molecule has 0 aliphatic carbocycles. The monoisotopic (exact) mass is 253 g/mol. The first-order chi connectivity index (χ1) is 6.92. The van der Waals surface area contributed by atoms with Gasteiger partial charge in [-0.25, -0.2) is 4.39 Å². The zero-order chi connectivity index (χ0) is 11.5. The Bertz CT molecular complexity index is 436. The number of nitriles is 1. The summed E-state index contributed by atoms with van der Waals surface area (Å²) in [5.41, 5.74) is -0.115.